The predicted molar refractivity (Wildman–Crippen MR) is 97.9 cm³/mol. The van der Waals surface area contributed by atoms with Gasteiger partial charge in [0.2, 0.25) is 5.91 Å². The second kappa shape index (κ2) is 7.85. The second-order valence-electron chi connectivity index (χ2n) is 6.62. The molecule has 0 heterocycles. The number of amides is 2. The first-order chi connectivity index (χ1) is 13.3. The summed E-state index contributed by atoms with van der Waals surface area (Å²) in [6.07, 6.45) is 1.97. The number of hydrogen-bond donors (Lipinski definition) is 3. The third-order valence-electron chi connectivity index (χ3n) is 4.75. The summed E-state index contributed by atoms with van der Waals surface area (Å²) in [5, 5.41) is 2.68. The molecule has 5 N–H and O–H groups in total. The number of hydrogen-bond acceptors (Lipinski definition) is 3. The highest BCUT2D eigenvalue weighted by molar-refractivity contribution is 6.04. The van der Waals surface area contributed by atoms with Gasteiger partial charge in [-0.1, -0.05) is 6.08 Å². The Kier molecular flexibility index (Phi) is 5.51. The first kappa shape index (κ1) is 19.6. The van der Waals surface area contributed by atoms with Gasteiger partial charge in [-0.05, 0) is 48.7 Å². The first-order valence-corrected chi connectivity index (χ1v) is 8.56. The zero-order valence-electron chi connectivity index (χ0n) is 14.7. The van der Waals surface area contributed by atoms with Gasteiger partial charge >= 0.3 is 0 Å². The van der Waals surface area contributed by atoms with Gasteiger partial charge in [0.15, 0.2) is 11.6 Å². The van der Waals surface area contributed by atoms with Gasteiger partial charge in [-0.15, -0.1) is 0 Å². The van der Waals surface area contributed by atoms with Gasteiger partial charge in [-0.3, -0.25) is 9.59 Å². The van der Waals surface area contributed by atoms with Crippen LogP contribution in [-0.2, 0) is 4.79 Å². The van der Waals surface area contributed by atoms with Crippen molar-refractivity contribution in [3.63, 3.8) is 0 Å². The molecule has 0 radical (unpaired) electrons. The summed E-state index contributed by atoms with van der Waals surface area (Å²) >= 11 is 0. The molecule has 0 saturated heterocycles. The molecular formula is C20H18F3N3O2. The molecule has 0 fully saturated rings. The SMILES string of the molecule is NC(=O)c1ccc(NC(=O)C2=CC[C@H](c3cc(F)c(F)cc3F)[C@@H](N)C2)cc1. The Morgan fingerprint density at radius 1 is 1.00 bits per heavy atom. The van der Waals surface area contributed by atoms with Crippen LogP contribution in [0, 0.1) is 17.5 Å². The van der Waals surface area contributed by atoms with E-state index in [2.05, 4.69) is 5.32 Å². The lowest BCUT2D eigenvalue weighted by Gasteiger charge is -2.29. The number of nitrogens with one attached hydrogen (secondary N) is 1. The van der Waals surface area contributed by atoms with E-state index in [4.69, 9.17) is 11.5 Å². The lowest BCUT2D eigenvalue weighted by Crippen LogP contribution is -2.34. The molecular weight excluding hydrogens is 371 g/mol. The lowest BCUT2D eigenvalue weighted by molar-refractivity contribution is -0.113. The fourth-order valence-corrected chi connectivity index (χ4v) is 3.22. The van der Waals surface area contributed by atoms with Gasteiger partial charge in [0, 0.05) is 34.9 Å². The summed E-state index contributed by atoms with van der Waals surface area (Å²) in [7, 11) is 0. The molecule has 2 aromatic rings. The molecule has 1 aliphatic carbocycles. The van der Waals surface area contributed by atoms with Crippen LogP contribution < -0.4 is 16.8 Å². The third kappa shape index (κ3) is 4.07. The standard InChI is InChI=1S/C20H18F3N3O2/c21-15-9-17(23)16(22)8-14(15)13-6-3-11(7-18(13)24)20(28)26-12-4-1-10(2-5-12)19(25)27/h1-5,8-9,13,18H,6-7,24H2,(H2,25,27)(H,26,28)/t13-,18+/m1/s1. The quantitative estimate of drug-likeness (QED) is 0.701. The average Bonchev–Trinajstić information content (AvgIpc) is 2.65. The molecule has 0 aliphatic heterocycles. The molecule has 1 aliphatic rings. The minimum absolute atomic E-state index is 0.0100. The van der Waals surface area contributed by atoms with Crippen LogP contribution in [0.5, 0.6) is 0 Å². The van der Waals surface area contributed by atoms with E-state index in [9.17, 15) is 22.8 Å². The highest BCUT2D eigenvalue weighted by Gasteiger charge is 2.29. The summed E-state index contributed by atoms with van der Waals surface area (Å²) in [5.41, 5.74) is 12.4. The first-order valence-electron chi connectivity index (χ1n) is 8.56. The van der Waals surface area contributed by atoms with Crippen molar-refractivity contribution in [2.45, 2.75) is 24.8 Å². The van der Waals surface area contributed by atoms with Crippen LogP contribution in [0.25, 0.3) is 0 Å². The molecule has 2 amide bonds. The summed E-state index contributed by atoms with van der Waals surface area (Å²) in [5.74, 6) is -4.79. The zero-order chi connectivity index (χ0) is 20.4. The molecule has 0 unspecified atom stereocenters. The third-order valence-corrected chi connectivity index (χ3v) is 4.75. The summed E-state index contributed by atoms with van der Waals surface area (Å²) in [6, 6.07) is 6.73. The number of carbonyl (C=O) groups is 2. The maximum Gasteiger partial charge on any atom is 0.251 e. The monoisotopic (exact) mass is 389 g/mol. The highest BCUT2D eigenvalue weighted by atomic mass is 19.2. The van der Waals surface area contributed by atoms with E-state index < -0.39 is 35.3 Å². The number of benzene rings is 2. The molecule has 0 saturated carbocycles. The Balaban J connectivity index is 1.72. The summed E-state index contributed by atoms with van der Waals surface area (Å²) < 4.78 is 40.6. The van der Waals surface area contributed by atoms with E-state index in [1.165, 1.54) is 12.1 Å². The Labute approximate surface area is 159 Å². The molecule has 146 valence electrons. The number of nitrogens with two attached hydrogens (primary N) is 2. The number of allylic oxidation sites excluding steroid dienone is 1. The average molecular weight is 389 g/mol. The fourth-order valence-electron chi connectivity index (χ4n) is 3.22. The van der Waals surface area contributed by atoms with Gasteiger partial charge in [-0.2, -0.15) is 0 Å². The molecule has 0 aromatic heterocycles. The second-order valence-corrected chi connectivity index (χ2v) is 6.62. The van der Waals surface area contributed by atoms with Crippen molar-refractivity contribution in [1.29, 1.82) is 0 Å². The van der Waals surface area contributed by atoms with Gasteiger partial charge in [0.05, 0.1) is 0 Å². The Morgan fingerprint density at radius 2 is 1.64 bits per heavy atom. The number of anilines is 1. The molecule has 5 nitrogen and oxygen atoms in total. The maximum atomic E-state index is 14.0. The van der Waals surface area contributed by atoms with E-state index >= 15 is 0 Å². The number of halogens is 3. The van der Waals surface area contributed by atoms with Crippen molar-refractivity contribution < 1.29 is 22.8 Å². The Bertz CT molecular complexity index is 958. The van der Waals surface area contributed by atoms with Crippen LogP contribution in [0.2, 0.25) is 0 Å². The summed E-state index contributed by atoms with van der Waals surface area (Å²) in [6.45, 7) is 0. The number of rotatable bonds is 4. The van der Waals surface area contributed by atoms with E-state index in [0.717, 1.165) is 6.07 Å². The van der Waals surface area contributed by atoms with Crippen LogP contribution in [0.4, 0.5) is 18.9 Å². The van der Waals surface area contributed by atoms with E-state index in [0.29, 0.717) is 22.9 Å². The Hall–Kier alpha value is -3.13. The normalized spacial score (nSPS) is 19.1. The van der Waals surface area contributed by atoms with Crippen LogP contribution in [0.1, 0.15) is 34.7 Å². The van der Waals surface area contributed by atoms with Crippen molar-refractivity contribution >= 4 is 17.5 Å². The molecule has 2 aromatic carbocycles. The molecule has 8 heteroatoms. The van der Waals surface area contributed by atoms with Crippen LogP contribution in [0.15, 0.2) is 48.0 Å². The van der Waals surface area contributed by atoms with Gasteiger partial charge in [-0.25, -0.2) is 13.2 Å². The molecule has 0 spiro atoms. The summed E-state index contributed by atoms with van der Waals surface area (Å²) in [4.78, 5) is 23.5. The molecule has 28 heavy (non-hydrogen) atoms. The molecule has 0 bridgehead atoms. The predicted octanol–water partition coefficient (Wildman–Crippen LogP) is 2.97. The molecule has 3 rings (SSSR count). The van der Waals surface area contributed by atoms with Gasteiger partial charge < -0.3 is 16.8 Å². The van der Waals surface area contributed by atoms with Crippen LogP contribution in [0.3, 0.4) is 0 Å². The Morgan fingerprint density at radius 3 is 2.25 bits per heavy atom. The van der Waals surface area contributed by atoms with E-state index in [-0.39, 0.29) is 24.3 Å². The topological polar surface area (TPSA) is 98.2 Å². The number of primary amides is 1. The minimum Gasteiger partial charge on any atom is -0.366 e. The van der Waals surface area contributed by atoms with Crippen molar-refractivity contribution in [3.8, 4) is 0 Å². The number of carbonyl (C=O) groups excluding carboxylic acids is 2. The minimum atomic E-state index is -1.26. The lowest BCUT2D eigenvalue weighted by atomic mass is 9.80. The van der Waals surface area contributed by atoms with Crippen LogP contribution >= 0.6 is 0 Å². The largest absolute Gasteiger partial charge is 0.366 e. The van der Waals surface area contributed by atoms with Crippen LogP contribution in [-0.4, -0.2) is 17.9 Å². The van der Waals surface area contributed by atoms with E-state index in [1.54, 1.807) is 18.2 Å². The van der Waals surface area contributed by atoms with Crippen molar-refractivity contribution in [3.05, 3.63) is 76.6 Å². The zero-order valence-corrected chi connectivity index (χ0v) is 14.7. The van der Waals surface area contributed by atoms with E-state index in [1.807, 2.05) is 0 Å². The van der Waals surface area contributed by atoms with Crippen molar-refractivity contribution in [1.82, 2.24) is 0 Å². The fraction of sp³-hybridized carbons (Fsp3) is 0.200. The highest BCUT2D eigenvalue weighted by Crippen LogP contribution is 2.34. The molecule has 2 atom stereocenters. The van der Waals surface area contributed by atoms with Gasteiger partial charge in [0.1, 0.15) is 5.82 Å². The van der Waals surface area contributed by atoms with Crippen molar-refractivity contribution in [2.24, 2.45) is 11.5 Å². The maximum absolute atomic E-state index is 14.0. The van der Waals surface area contributed by atoms with Crippen molar-refractivity contribution in [2.75, 3.05) is 5.32 Å². The van der Waals surface area contributed by atoms with Gasteiger partial charge in [0.25, 0.3) is 5.91 Å². The smallest absolute Gasteiger partial charge is 0.251 e.